The van der Waals surface area contributed by atoms with E-state index < -0.39 is 14.9 Å². The van der Waals surface area contributed by atoms with E-state index in [9.17, 15) is 18.5 Å². The van der Waals surface area contributed by atoms with Gasteiger partial charge in [-0.15, -0.1) is 0 Å². The molecule has 2 aromatic heterocycles. The standard InChI is InChI=1S/C20H13N5O4S/c21-12-14-6-8-15(9-7-14)23-19-17-10-11-24(20(17)22-13-18(19)25(26)27)30(28,29)16-4-2-1-3-5-16/h1-11,13H,(H,22,23). The number of benzene rings is 2. The number of hydrogen-bond donors (Lipinski definition) is 1. The zero-order valence-electron chi connectivity index (χ0n) is 15.3. The molecule has 0 amide bonds. The highest BCUT2D eigenvalue weighted by molar-refractivity contribution is 7.90. The van der Waals surface area contributed by atoms with Crippen molar-refractivity contribution in [2.24, 2.45) is 0 Å². The number of nitriles is 1. The first-order valence-electron chi connectivity index (χ1n) is 8.64. The lowest BCUT2D eigenvalue weighted by Gasteiger charge is -2.10. The molecule has 0 aliphatic carbocycles. The van der Waals surface area contributed by atoms with E-state index >= 15 is 0 Å². The summed E-state index contributed by atoms with van der Waals surface area (Å²) < 4.78 is 27.0. The summed E-state index contributed by atoms with van der Waals surface area (Å²) in [5.41, 5.74) is 0.803. The molecule has 4 aromatic rings. The lowest BCUT2D eigenvalue weighted by Crippen LogP contribution is -2.12. The van der Waals surface area contributed by atoms with Crippen molar-refractivity contribution < 1.29 is 13.3 Å². The molecule has 0 bridgehead atoms. The van der Waals surface area contributed by atoms with Crippen LogP contribution in [0.3, 0.4) is 0 Å². The number of aromatic nitrogens is 2. The van der Waals surface area contributed by atoms with Gasteiger partial charge in [-0.2, -0.15) is 5.26 Å². The Balaban J connectivity index is 1.88. The van der Waals surface area contributed by atoms with Crippen LogP contribution >= 0.6 is 0 Å². The largest absolute Gasteiger partial charge is 0.349 e. The zero-order valence-corrected chi connectivity index (χ0v) is 16.1. The van der Waals surface area contributed by atoms with E-state index in [1.54, 1.807) is 42.5 Å². The zero-order chi connectivity index (χ0) is 21.3. The Bertz CT molecular complexity index is 1410. The van der Waals surface area contributed by atoms with E-state index in [-0.39, 0.29) is 27.3 Å². The second-order valence-electron chi connectivity index (χ2n) is 6.26. The van der Waals surface area contributed by atoms with Crippen LogP contribution in [-0.2, 0) is 10.0 Å². The van der Waals surface area contributed by atoms with E-state index in [1.807, 2.05) is 6.07 Å². The maximum Gasteiger partial charge on any atom is 0.311 e. The minimum atomic E-state index is -3.93. The molecule has 0 spiro atoms. The third-order valence-electron chi connectivity index (χ3n) is 4.44. The molecule has 4 rings (SSSR count). The van der Waals surface area contributed by atoms with Gasteiger partial charge in [-0.3, -0.25) is 10.1 Å². The molecule has 0 aliphatic rings. The van der Waals surface area contributed by atoms with Gasteiger partial charge in [-0.1, -0.05) is 18.2 Å². The SMILES string of the molecule is N#Cc1ccc(Nc2c([N+](=O)[O-])cnc3c2ccn3S(=O)(=O)c2ccccc2)cc1. The van der Waals surface area contributed by atoms with E-state index in [4.69, 9.17) is 5.26 Å². The molecule has 9 nitrogen and oxygen atoms in total. The third-order valence-corrected chi connectivity index (χ3v) is 6.12. The number of nitrogens with one attached hydrogen (secondary N) is 1. The predicted octanol–water partition coefficient (Wildman–Crippen LogP) is 3.80. The molecule has 2 aromatic carbocycles. The van der Waals surface area contributed by atoms with Crippen molar-refractivity contribution in [1.29, 1.82) is 5.26 Å². The normalized spacial score (nSPS) is 11.2. The summed E-state index contributed by atoms with van der Waals surface area (Å²) in [7, 11) is -3.93. The number of anilines is 2. The van der Waals surface area contributed by atoms with Gasteiger partial charge in [0, 0.05) is 11.9 Å². The molecule has 0 aliphatic heterocycles. The fourth-order valence-electron chi connectivity index (χ4n) is 2.99. The molecular formula is C20H13N5O4S. The Kier molecular flexibility index (Phi) is 4.65. The van der Waals surface area contributed by atoms with E-state index in [0.29, 0.717) is 11.3 Å². The Morgan fingerprint density at radius 3 is 2.40 bits per heavy atom. The lowest BCUT2D eigenvalue weighted by atomic mass is 10.2. The van der Waals surface area contributed by atoms with Crippen molar-refractivity contribution in [3.8, 4) is 6.07 Å². The topological polar surface area (TPSA) is 131 Å². The van der Waals surface area contributed by atoms with Crippen molar-refractivity contribution in [3.63, 3.8) is 0 Å². The van der Waals surface area contributed by atoms with Gasteiger partial charge in [-0.05, 0) is 42.5 Å². The van der Waals surface area contributed by atoms with Gasteiger partial charge in [-0.25, -0.2) is 17.4 Å². The molecule has 148 valence electrons. The molecule has 0 unspecified atom stereocenters. The second kappa shape index (κ2) is 7.31. The van der Waals surface area contributed by atoms with Crippen molar-refractivity contribution in [3.05, 3.63) is 88.7 Å². The lowest BCUT2D eigenvalue weighted by molar-refractivity contribution is -0.384. The number of nitrogens with zero attached hydrogens (tertiary/aromatic N) is 4. The first-order valence-corrected chi connectivity index (χ1v) is 10.1. The number of hydrogen-bond acceptors (Lipinski definition) is 7. The van der Waals surface area contributed by atoms with Crippen molar-refractivity contribution in [1.82, 2.24) is 8.96 Å². The van der Waals surface area contributed by atoms with Crippen LogP contribution in [0.4, 0.5) is 17.1 Å². The Morgan fingerprint density at radius 1 is 1.07 bits per heavy atom. The number of fused-ring (bicyclic) bond motifs is 1. The first kappa shape index (κ1) is 19.1. The monoisotopic (exact) mass is 419 g/mol. The van der Waals surface area contributed by atoms with Crippen LogP contribution in [0.5, 0.6) is 0 Å². The molecule has 0 fully saturated rings. The highest BCUT2D eigenvalue weighted by Gasteiger charge is 2.25. The summed E-state index contributed by atoms with van der Waals surface area (Å²) in [5, 5.41) is 23.7. The van der Waals surface area contributed by atoms with E-state index in [1.165, 1.54) is 24.4 Å². The highest BCUT2D eigenvalue weighted by atomic mass is 32.2. The molecule has 0 radical (unpaired) electrons. The quantitative estimate of drug-likeness (QED) is 0.384. The van der Waals surface area contributed by atoms with Gasteiger partial charge in [0.25, 0.3) is 10.0 Å². The van der Waals surface area contributed by atoms with Gasteiger partial charge in [0.1, 0.15) is 11.9 Å². The molecule has 0 atom stereocenters. The minimum absolute atomic E-state index is 0.0561. The summed E-state index contributed by atoms with van der Waals surface area (Å²) in [6.07, 6.45) is 2.33. The number of pyridine rings is 1. The third kappa shape index (κ3) is 3.23. The highest BCUT2D eigenvalue weighted by Crippen LogP contribution is 2.35. The Hall–Kier alpha value is -4.23. The van der Waals surface area contributed by atoms with Crippen LogP contribution < -0.4 is 5.32 Å². The summed E-state index contributed by atoms with van der Waals surface area (Å²) >= 11 is 0. The maximum atomic E-state index is 13.0. The van der Waals surface area contributed by atoms with E-state index in [2.05, 4.69) is 10.3 Å². The average molecular weight is 419 g/mol. The van der Waals surface area contributed by atoms with Crippen LogP contribution in [0.2, 0.25) is 0 Å². The minimum Gasteiger partial charge on any atom is -0.349 e. The number of nitro groups is 1. The van der Waals surface area contributed by atoms with Gasteiger partial charge in [0.15, 0.2) is 5.65 Å². The Labute approximate surface area is 171 Å². The number of rotatable bonds is 5. The van der Waals surface area contributed by atoms with Gasteiger partial charge in [0.05, 0.1) is 26.8 Å². The molecule has 0 saturated heterocycles. The fraction of sp³-hybridized carbons (Fsp3) is 0. The molecule has 0 saturated carbocycles. The molecule has 1 N–H and O–H groups in total. The summed E-state index contributed by atoms with van der Waals surface area (Å²) in [4.78, 5) is 15.1. The van der Waals surface area contributed by atoms with Gasteiger partial charge < -0.3 is 5.32 Å². The van der Waals surface area contributed by atoms with E-state index in [0.717, 1.165) is 10.2 Å². The van der Waals surface area contributed by atoms with Crippen LogP contribution in [0, 0.1) is 21.4 Å². The predicted molar refractivity (Wildman–Crippen MR) is 110 cm³/mol. The summed E-state index contributed by atoms with van der Waals surface area (Å²) in [6.45, 7) is 0. The molecule has 2 heterocycles. The summed E-state index contributed by atoms with van der Waals surface area (Å²) in [5.74, 6) is 0. The van der Waals surface area contributed by atoms with Crippen LogP contribution in [0.25, 0.3) is 11.0 Å². The maximum absolute atomic E-state index is 13.0. The first-order chi connectivity index (χ1) is 14.4. The van der Waals surface area contributed by atoms with Crippen LogP contribution in [-0.4, -0.2) is 22.3 Å². The van der Waals surface area contributed by atoms with Crippen LogP contribution in [0.1, 0.15) is 5.56 Å². The molecular weight excluding hydrogens is 406 g/mol. The van der Waals surface area contributed by atoms with Gasteiger partial charge >= 0.3 is 5.69 Å². The molecule has 30 heavy (non-hydrogen) atoms. The Morgan fingerprint density at radius 2 is 1.77 bits per heavy atom. The van der Waals surface area contributed by atoms with Crippen molar-refractivity contribution in [2.45, 2.75) is 4.90 Å². The van der Waals surface area contributed by atoms with Crippen LogP contribution in [0.15, 0.2) is 78.0 Å². The van der Waals surface area contributed by atoms with Crippen molar-refractivity contribution >= 4 is 38.1 Å². The average Bonchev–Trinajstić information content (AvgIpc) is 3.20. The smallest absolute Gasteiger partial charge is 0.311 e. The molecule has 10 heteroatoms. The van der Waals surface area contributed by atoms with Gasteiger partial charge in [0.2, 0.25) is 0 Å². The second-order valence-corrected chi connectivity index (χ2v) is 8.07. The fourth-order valence-corrected chi connectivity index (χ4v) is 4.32. The van der Waals surface area contributed by atoms with Crippen molar-refractivity contribution in [2.75, 3.05) is 5.32 Å². The summed E-state index contributed by atoms with van der Waals surface area (Å²) in [6, 6.07) is 17.6.